The zero-order valence-corrected chi connectivity index (χ0v) is 17.1. The lowest BCUT2D eigenvalue weighted by Crippen LogP contribution is -2.13. The van der Waals surface area contributed by atoms with Crippen molar-refractivity contribution >= 4 is 46.8 Å². The summed E-state index contributed by atoms with van der Waals surface area (Å²) in [5.74, 6) is -1.19. The molecule has 0 fully saturated rings. The van der Waals surface area contributed by atoms with Crippen molar-refractivity contribution in [3.05, 3.63) is 81.0 Å². The van der Waals surface area contributed by atoms with E-state index in [4.69, 9.17) is 32.7 Å². The molecular formula is C22H14Cl2N2O4. The summed E-state index contributed by atoms with van der Waals surface area (Å²) in [6, 6.07) is 14.2. The van der Waals surface area contributed by atoms with Crippen LogP contribution in [0.3, 0.4) is 0 Å². The minimum atomic E-state index is -1.10. The molecule has 0 aliphatic carbocycles. The average molecular weight is 441 g/mol. The van der Waals surface area contributed by atoms with E-state index in [2.05, 4.69) is 5.32 Å². The topological polar surface area (TPSA) is 103 Å². The van der Waals surface area contributed by atoms with Crippen LogP contribution in [0, 0.1) is 18.3 Å². The quantitative estimate of drug-likeness (QED) is 0.385. The molecule has 0 saturated carbocycles. The lowest BCUT2D eigenvalue weighted by molar-refractivity contribution is -0.112. The zero-order valence-electron chi connectivity index (χ0n) is 15.6. The molecule has 0 atom stereocenters. The van der Waals surface area contributed by atoms with Gasteiger partial charge in [0.25, 0.3) is 5.91 Å². The van der Waals surface area contributed by atoms with Crippen LogP contribution in [0.5, 0.6) is 0 Å². The number of nitrogens with zero attached hydrogens (tertiary/aromatic N) is 1. The van der Waals surface area contributed by atoms with Crippen LogP contribution in [-0.2, 0) is 4.79 Å². The van der Waals surface area contributed by atoms with Crippen molar-refractivity contribution < 1.29 is 19.1 Å². The molecule has 3 aromatic rings. The van der Waals surface area contributed by atoms with E-state index >= 15 is 0 Å². The number of nitriles is 1. The van der Waals surface area contributed by atoms with Crippen molar-refractivity contribution in [2.45, 2.75) is 6.92 Å². The van der Waals surface area contributed by atoms with Gasteiger partial charge in [-0.15, -0.1) is 0 Å². The normalized spacial score (nSPS) is 11.1. The van der Waals surface area contributed by atoms with Gasteiger partial charge in [-0.1, -0.05) is 29.3 Å². The Hall–Kier alpha value is -3.53. The summed E-state index contributed by atoms with van der Waals surface area (Å²) in [5.41, 5.74) is 1.57. The number of hydrogen-bond donors (Lipinski definition) is 2. The molecule has 0 aliphatic heterocycles. The molecule has 1 heterocycles. The number of aromatic carboxylic acids is 1. The summed E-state index contributed by atoms with van der Waals surface area (Å²) in [6.45, 7) is 1.83. The first-order valence-corrected chi connectivity index (χ1v) is 9.36. The van der Waals surface area contributed by atoms with E-state index in [1.807, 2.05) is 13.0 Å². The molecule has 150 valence electrons. The molecule has 2 aromatic carbocycles. The maximum atomic E-state index is 12.4. The van der Waals surface area contributed by atoms with Crippen LogP contribution in [0.4, 0.5) is 5.69 Å². The SMILES string of the molecule is Cc1ccc(NC(=O)/C(C#N)=C/c2ccc(-c3cc(C(=O)O)ccc3Cl)o2)cc1Cl. The minimum absolute atomic E-state index is 0.0525. The Kier molecular flexibility index (Phi) is 6.26. The Labute approximate surface area is 182 Å². The Balaban J connectivity index is 1.86. The summed E-state index contributed by atoms with van der Waals surface area (Å²) in [4.78, 5) is 23.6. The first-order chi connectivity index (χ1) is 14.3. The van der Waals surface area contributed by atoms with Gasteiger partial charge >= 0.3 is 5.97 Å². The molecule has 0 saturated heterocycles. The van der Waals surface area contributed by atoms with Gasteiger partial charge in [-0.25, -0.2) is 4.79 Å². The van der Waals surface area contributed by atoms with Gasteiger partial charge in [-0.05, 0) is 55.0 Å². The van der Waals surface area contributed by atoms with Gasteiger partial charge in [-0.3, -0.25) is 4.79 Å². The highest BCUT2D eigenvalue weighted by molar-refractivity contribution is 6.33. The van der Waals surface area contributed by atoms with Gasteiger partial charge in [0.1, 0.15) is 23.2 Å². The van der Waals surface area contributed by atoms with E-state index in [-0.39, 0.29) is 16.9 Å². The van der Waals surface area contributed by atoms with Crippen molar-refractivity contribution in [2.24, 2.45) is 0 Å². The smallest absolute Gasteiger partial charge is 0.335 e. The van der Waals surface area contributed by atoms with Crippen molar-refractivity contribution in [1.29, 1.82) is 5.26 Å². The molecule has 0 unspecified atom stereocenters. The fourth-order valence-electron chi connectivity index (χ4n) is 2.58. The predicted molar refractivity (Wildman–Crippen MR) is 115 cm³/mol. The van der Waals surface area contributed by atoms with Crippen LogP contribution in [0.15, 0.2) is 58.5 Å². The van der Waals surface area contributed by atoms with Crippen LogP contribution < -0.4 is 5.32 Å². The second-order valence-corrected chi connectivity index (χ2v) is 7.10. The lowest BCUT2D eigenvalue weighted by atomic mass is 10.1. The van der Waals surface area contributed by atoms with Gasteiger partial charge in [0.2, 0.25) is 0 Å². The minimum Gasteiger partial charge on any atom is -0.478 e. The van der Waals surface area contributed by atoms with E-state index in [9.17, 15) is 14.9 Å². The largest absolute Gasteiger partial charge is 0.478 e. The standard InChI is InChI=1S/C22H14Cl2N2O4/c1-12-2-4-15(10-19(12)24)26-21(27)14(11-25)8-16-5-7-20(30-16)17-9-13(22(28)29)3-6-18(17)23/h2-10H,1H3,(H,26,27)(H,28,29)/b14-8+. The Bertz CT molecular complexity index is 1220. The number of carboxylic acids is 1. The van der Waals surface area contributed by atoms with Crippen LogP contribution in [0.25, 0.3) is 17.4 Å². The van der Waals surface area contributed by atoms with Gasteiger partial charge < -0.3 is 14.8 Å². The monoisotopic (exact) mass is 440 g/mol. The third kappa shape index (κ3) is 4.71. The number of furan rings is 1. The van der Waals surface area contributed by atoms with Crippen molar-refractivity contribution in [1.82, 2.24) is 0 Å². The summed E-state index contributed by atoms with van der Waals surface area (Å²) < 4.78 is 5.65. The summed E-state index contributed by atoms with van der Waals surface area (Å²) in [5, 5.41) is 21.9. The first-order valence-electron chi connectivity index (χ1n) is 8.61. The number of nitrogens with one attached hydrogen (secondary N) is 1. The molecular weight excluding hydrogens is 427 g/mol. The van der Waals surface area contributed by atoms with E-state index in [1.54, 1.807) is 30.3 Å². The fourth-order valence-corrected chi connectivity index (χ4v) is 2.97. The summed E-state index contributed by atoms with van der Waals surface area (Å²) >= 11 is 12.2. The van der Waals surface area contributed by atoms with Crippen LogP contribution in [0.1, 0.15) is 21.7 Å². The van der Waals surface area contributed by atoms with E-state index in [0.717, 1.165) is 5.56 Å². The molecule has 2 N–H and O–H groups in total. The van der Waals surface area contributed by atoms with Gasteiger partial charge in [0, 0.05) is 22.3 Å². The third-order valence-electron chi connectivity index (χ3n) is 4.19. The number of carbonyl (C=O) groups is 2. The van der Waals surface area contributed by atoms with Crippen LogP contribution in [-0.4, -0.2) is 17.0 Å². The van der Waals surface area contributed by atoms with Crippen LogP contribution >= 0.6 is 23.2 Å². The molecule has 1 amide bonds. The van der Waals surface area contributed by atoms with E-state index in [1.165, 1.54) is 24.3 Å². The number of carboxylic acid groups (broad SMARTS) is 1. The van der Waals surface area contributed by atoms with E-state index in [0.29, 0.717) is 27.1 Å². The maximum absolute atomic E-state index is 12.4. The van der Waals surface area contributed by atoms with Crippen LogP contribution in [0.2, 0.25) is 10.0 Å². The highest BCUT2D eigenvalue weighted by Crippen LogP contribution is 2.31. The number of carbonyl (C=O) groups excluding carboxylic acids is 1. The molecule has 1 aromatic heterocycles. The number of rotatable bonds is 5. The highest BCUT2D eigenvalue weighted by atomic mass is 35.5. The lowest BCUT2D eigenvalue weighted by Gasteiger charge is -2.06. The van der Waals surface area contributed by atoms with E-state index < -0.39 is 11.9 Å². The molecule has 0 radical (unpaired) electrons. The van der Waals surface area contributed by atoms with Crippen molar-refractivity contribution in [2.75, 3.05) is 5.32 Å². The summed E-state index contributed by atoms with van der Waals surface area (Å²) in [6.07, 6.45) is 1.28. The van der Waals surface area contributed by atoms with Crippen molar-refractivity contribution in [3.8, 4) is 17.4 Å². The van der Waals surface area contributed by atoms with Crippen molar-refractivity contribution in [3.63, 3.8) is 0 Å². The number of anilines is 1. The average Bonchev–Trinajstić information content (AvgIpc) is 3.17. The molecule has 3 rings (SSSR count). The third-order valence-corrected chi connectivity index (χ3v) is 4.92. The second-order valence-electron chi connectivity index (χ2n) is 6.29. The predicted octanol–water partition coefficient (Wildman–Crippen LogP) is 5.81. The maximum Gasteiger partial charge on any atom is 0.335 e. The molecule has 0 spiro atoms. The molecule has 0 aliphatic rings. The first kappa shape index (κ1) is 21.2. The highest BCUT2D eigenvalue weighted by Gasteiger charge is 2.14. The number of aryl methyl sites for hydroxylation is 1. The number of benzene rings is 2. The Morgan fingerprint density at radius 1 is 1.10 bits per heavy atom. The zero-order chi connectivity index (χ0) is 21.8. The number of amides is 1. The number of hydrogen-bond acceptors (Lipinski definition) is 4. The van der Waals surface area contributed by atoms with Gasteiger partial charge in [-0.2, -0.15) is 5.26 Å². The molecule has 6 nitrogen and oxygen atoms in total. The Morgan fingerprint density at radius 2 is 1.87 bits per heavy atom. The molecule has 30 heavy (non-hydrogen) atoms. The second kappa shape index (κ2) is 8.87. The van der Waals surface area contributed by atoms with Gasteiger partial charge in [0.05, 0.1) is 10.6 Å². The fraction of sp³-hybridized carbons (Fsp3) is 0.0455. The number of halogens is 2. The van der Waals surface area contributed by atoms with Gasteiger partial charge in [0.15, 0.2) is 0 Å². The summed E-state index contributed by atoms with van der Waals surface area (Å²) in [7, 11) is 0. The Morgan fingerprint density at radius 3 is 2.53 bits per heavy atom. The molecule has 8 heteroatoms. The molecule has 0 bridgehead atoms.